The third-order valence-electron chi connectivity index (χ3n) is 10.6. The maximum atomic E-state index is 10.2. The van der Waals surface area contributed by atoms with E-state index in [2.05, 4.69) is 33.8 Å². The molecule has 29 heavy (non-hydrogen) atoms. The molecule has 0 aromatic rings. The van der Waals surface area contributed by atoms with Gasteiger partial charge in [0, 0.05) is 0 Å². The summed E-state index contributed by atoms with van der Waals surface area (Å²) in [5, 5.41) is 10.2. The summed E-state index contributed by atoms with van der Waals surface area (Å²) >= 11 is 0. The fraction of sp³-hybridized carbons (Fsp3) is 0.929. The number of allylic oxidation sites excluding steroid dienone is 1. The van der Waals surface area contributed by atoms with E-state index < -0.39 is 0 Å². The van der Waals surface area contributed by atoms with Gasteiger partial charge in [-0.2, -0.15) is 0 Å². The molecule has 0 heterocycles. The van der Waals surface area contributed by atoms with Gasteiger partial charge in [0.1, 0.15) is 0 Å². The highest BCUT2D eigenvalue weighted by atomic mass is 16.3. The van der Waals surface area contributed by atoms with Crippen molar-refractivity contribution in [1.82, 2.24) is 0 Å². The second-order valence-corrected chi connectivity index (χ2v) is 12.2. The molecule has 4 aliphatic rings. The minimum Gasteiger partial charge on any atom is -0.393 e. The summed E-state index contributed by atoms with van der Waals surface area (Å²) in [4.78, 5) is 0. The van der Waals surface area contributed by atoms with Crippen LogP contribution in [0.25, 0.3) is 0 Å². The van der Waals surface area contributed by atoms with Crippen molar-refractivity contribution in [3.8, 4) is 0 Å². The lowest BCUT2D eigenvalue weighted by Crippen LogP contribution is -2.50. The molecule has 166 valence electrons. The van der Waals surface area contributed by atoms with Crippen molar-refractivity contribution in [2.75, 3.05) is 0 Å². The first-order chi connectivity index (χ1) is 13.9. The molecule has 0 aliphatic heterocycles. The highest BCUT2D eigenvalue weighted by Gasteiger charge is 2.58. The van der Waals surface area contributed by atoms with E-state index in [9.17, 15) is 5.11 Å². The average Bonchev–Trinajstić information content (AvgIpc) is 3.03. The van der Waals surface area contributed by atoms with Gasteiger partial charge < -0.3 is 5.11 Å². The summed E-state index contributed by atoms with van der Waals surface area (Å²) in [6.07, 6.45) is 21.6. The normalized spacial score (nSPS) is 45.1. The minimum absolute atomic E-state index is 0.0738. The van der Waals surface area contributed by atoms with Crippen LogP contribution in [-0.2, 0) is 0 Å². The Labute approximate surface area is 181 Å². The van der Waals surface area contributed by atoms with E-state index in [0.29, 0.717) is 10.8 Å². The second kappa shape index (κ2) is 8.68. The zero-order valence-corrected chi connectivity index (χ0v) is 19.9. The van der Waals surface area contributed by atoms with Gasteiger partial charge in [-0.3, -0.25) is 0 Å². The predicted octanol–water partition coefficient (Wildman–Crippen LogP) is 7.92. The van der Waals surface area contributed by atoms with Crippen molar-refractivity contribution in [3.05, 3.63) is 11.6 Å². The van der Waals surface area contributed by atoms with Crippen molar-refractivity contribution in [2.24, 2.45) is 40.4 Å². The van der Waals surface area contributed by atoms with Gasteiger partial charge in [-0.05, 0) is 98.2 Å². The Morgan fingerprint density at radius 2 is 1.83 bits per heavy atom. The van der Waals surface area contributed by atoms with E-state index >= 15 is 0 Å². The van der Waals surface area contributed by atoms with E-state index in [-0.39, 0.29) is 6.10 Å². The molecule has 8 atom stereocenters. The van der Waals surface area contributed by atoms with Crippen LogP contribution in [0.2, 0.25) is 0 Å². The molecular weight excluding hydrogens is 352 g/mol. The molecule has 0 radical (unpaired) electrons. The Kier molecular flexibility index (Phi) is 6.56. The largest absolute Gasteiger partial charge is 0.393 e. The van der Waals surface area contributed by atoms with E-state index in [1.54, 1.807) is 5.57 Å². The van der Waals surface area contributed by atoms with Gasteiger partial charge in [-0.25, -0.2) is 0 Å². The Hall–Kier alpha value is -0.300. The Balaban J connectivity index is 1.40. The van der Waals surface area contributed by atoms with Gasteiger partial charge in [-0.15, -0.1) is 0 Å². The molecule has 0 aromatic carbocycles. The first-order valence-electron chi connectivity index (χ1n) is 13.3. The third-order valence-corrected chi connectivity index (χ3v) is 10.6. The Morgan fingerprint density at radius 1 is 1.03 bits per heavy atom. The number of rotatable bonds is 7. The molecule has 0 saturated heterocycles. The standard InChI is InChI=1S/C28H48O/c1-5-6-8-20(2)9-7-10-21-12-14-25-24-13-11-22-19-23(29)15-17-28(22,4)26(24)16-18-27(21,25)3/h11,20-21,23-26,29H,5-10,12-19H2,1-4H3. The topological polar surface area (TPSA) is 20.2 Å². The van der Waals surface area contributed by atoms with Crippen LogP contribution in [0.5, 0.6) is 0 Å². The third kappa shape index (κ3) is 3.99. The SMILES string of the molecule is CCCCC(C)CCCC1CCC2C3CC=C4CC(O)CCC4(C)C3CCC12C. The average molecular weight is 401 g/mol. The molecule has 1 nitrogen and oxygen atoms in total. The molecule has 0 aromatic heterocycles. The fourth-order valence-electron chi connectivity index (χ4n) is 8.63. The predicted molar refractivity (Wildman–Crippen MR) is 124 cm³/mol. The zero-order chi connectivity index (χ0) is 20.6. The number of hydrogen-bond acceptors (Lipinski definition) is 1. The Morgan fingerprint density at radius 3 is 2.62 bits per heavy atom. The molecule has 3 fully saturated rings. The Bertz CT molecular complexity index is 593. The summed E-state index contributed by atoms with van der Waals surface area (Å²) in [5.74, 6) is 4.69. The molecule has 4 aliphatic carbocycles. The van der Waals surface area contributed by atoms with E-state index in [0.717, 1.165) is 42.4 Å². The van der Waals surface area contributed by atoms with Crippen molar-refractivity contribution in [2.45, 2.75) is 124 Å². The van der Waals surface area contributed by atoms with Crippen LogP contribution in [0.3, 0.4) is 0 Å². The quantitative estimate of drug-likeness (QED) is 0.430. The molecule has 0 amide bonds. The van der Waals surface area contributed by atoms with Crippen LogP contribution in [0.4, 0.5) is 0 Å². The summed E-state index contributed by atoms with van der Waals surface area (Å²) in [7, 11) is 0. The first kappa shape index (κ1) is 21.9. The number of unbranched alkanes of at least 4 members (excludes halogenated alkanes) is 1. The van der Waals surface area contributed by atoms with Crippen molar-refractivity contribution in [3.63, 3.8) is 0 Å². The van der Waals surface area contributed by atoms with Crippen molar-refractivity contribution in [1.29, 1.82) is 0 Å². The molecule has 1 N–H and O–H groups in total. The van der Waals surface area contributed by atoms with Gasteiger partial charge in [0.05, 0.1) is 6.10 Å². The van der Waals surface area contributed by atoms with Gasteiger partial charge in [0.2, 0.25) is 0 Å². The maximum Gasteiger partial charge on any atom is 0.0577 e. The second-order valence-electron chi connectivity index (χ2n) is 12.2. The number of fused-ring (bicyclic) bond motifs is 5. The first-order valence-corrected chi connectivity index (χ1v) is 13.3. The van der Waals surface area contributed by atoms with E-state index in [4.69, 9.17) is 0 Å². The highest BCUT2D eigenvalue weighted by Crippen LogP contribution is 2.66. The van der Waals surface area contributed by atoms with Crippen LogP contribution < -0.4 is 0 Å². The fourth-order valence-corrected chi connectivity index (χ4v) is 8.63. The molecular formula is C28H48O. The molecule has 0 spiro atoms. The maximum absolute atomic E-state index is 10.2. The highest BCUT2D eigenvalue weighted by molar-refractivity contribution is 5.25. The van der Waals surface area contributed by atoms with Crippen LogP contribution in [0.15, 0.2) is 11.6 Å². The molecule has 4 rings (SSSR count). The molecule has 3 saturated carbocycles. The summed E-state index contributed by atoms with van der Waals surface area (Å²) in [6, 6.07) is 0. The van der Waals surface area contributed by atoms with Gasteiger partial charge in [0.25, 0.3) is 0 Å². The molecule has 1 heteroatoms. The van der Waals surface area contributed by atoms with Crippen LogP contribution >= 0.6 is 0 Å². The van der Waals surface area contributed by atoms with Crippen LogP contribution in [-0.4, -0.2) is 11.2 Å². The smallest absolute Gasteiger partial charge is 0.0577 e. The van der Waals surface area contributed by atoms with E-state index in [1.165, 1.54) is 77.0 Å². The van der Waals surface area contributed by atoms with Crippen molar-refractivity contribution < 1.29 is 5.11 Å². The number of aliphatic hydroxyl groups excluding tert-OH is 1. The summed E-state index contributed by atoms with van der Waals surface area (Å²) in [6.45, 7) is 10.1. The zero-order valence-electron chi connectivity index (χ0n) is 19.9. The lowest BCUT2D eigenvalue weighted by Gasteiger charge is -2.58. The lowest BCUT2D eigenvalue weighted by atomic mass is 9.47. The van der Waals surface area contributed by atoms with Gasteiger partial charge in [-0.1, -0.05) is 71.4 Å². The van der Waals surface area contributed by atoms with Crippen molar-refractivity contribution >= 4 is 0 Å². The van der Waals surface area contributed by atoms with Gasteiger partial charge in [0.15, 0.2) is 0 Å². The minimum atomic E-state index is -0.0738. The number of hydrogen-bond donors (Lipinski definition) is 1. The van der Waals surface area contributed by atoms with Crippen LogP contribution in [0.1, 0.15) is 118 Å². The van der Waals surface area contributed by atoms with Gasteiger partial charge >= 0.3 is 0 Å². The monoisotopic (exact) mass is 400 g/mol. The van der Waals surface area contributed by atoms with Crippen LogP contribution in [0, 0.1) is 40.4 Å². The lowest BCUT2D eigenvalue weighted by molar-refractivity contribution is -0.0509. The number of aliphatic hydroxyl groups is 1. The summed E-state index contributed by atoms with van der Waals surface area (Å²) < 4.78 is 0. The summed E-state index contributed by atoms with van der Waals surface area (Å²) in [5.41, 5.74) is 2.64. The van der Waals surface area contributed by atoms with E-state index in [1.807, 2.05) is 0 Å². The molecule has 8 unspecified atom stereocenters. The molecule has 0 bridgehead atoms.